The van der Waals surface area contributed by atoms with Crippen LogP contribution in [0.15, 0.2) is 30.7 Å². The number of aliphatic hydroxyl groups is 1. The zero-order valence-corrected chi connectivity index (χ0v) is 12.3. The predicted octanol–water partition coefficient (Wildman–Crippen LogP) is 0.392. The Kier molecular flexibility index (Phi) is 3.36. The molecule has 1 saturated heterocycles. The summed E-state index contributed by atoms with van der Waals surface area (Å²) in [5, 5.41) is 9.05. The zero-order chi connectivity index (χ0) is 14.9. The van der Waals surface area contributed by atoms with Crippen LogP contribution in [0.2, 0.25) is 0 Å². The number of aromatic nitrogens is 4. The van der Waals surface area contributed by atoms with E-state index in [0.29, 0.717) is 0 Å². The molecule has 4 heterocycles. The maximum Gasteiger partial charge on any atom is 0.181 e. The third-order valence-corrected chi connectivity index (χ3v) is 4.15. The highest BCUT2D eigenvalue weighted by atomic mass is 16.3. The number of pyridine rings is 1. The first-order valence-corrected chi connectivity index (χ1v) is 7.53. The van der Waals surface area contributed by atoms with Gasteiger partial charge in [0, 0.05) is 51.3 Å². The molecule has 1 aliphatic rings. The van der Waals surface area contributed by atoms with Crippen LogP contribution < -0.4 is 4.90 Å². The van der Waals surface area contributed by atoms with E-state index >= 15 is 0 Å². The van der Waals surface area contributed by atoms with Crippen LogP contribution in [0.25, 0.3) is 16.8 Å². The quantitative estimate of drug-likeness (QED) is 0.754. The van der Waals surface area contributed by atoms with Gasteiger partial charge in [-0.3, -0.25) is 9.30 Å². The fourth-order valence-electron chi connectivity index (χ4n) is 3.00. The summed E-state index contributed by atoms with van der Waals surface area (Å²) in [4.78, 5) is 18.2. The Labute approximate surface area is 127 Å². The second-order valence-electron chi connectivity index (χ2n) is 5.45. The van der Waals surface area contributed by atoms with Crippen molar-refractivity contribution in [3.8, 4) is 0 Å². The van der Waals surface area contributed by atoms with E-state index in [4.69, 9.17) is 10.1 Å². The maximum atomic E-state index is 9.05. The first-order valence-electron chi connectivity index (χ1n) is 7.53. The molecule has 0 aromatic carbocycles. The normalized spacial score (nSPS) is 16.7. The van der Waals surface area contributed by atoms with Gasteiger partial charge in [-0.15, -0.1) is 0 Å². The van der Waals surface area contributed by atoms with Crippen molar-refractivity contribution >= 4 is 22.6 Å². The number of aliphatic hydroxyl groups excluding tert-OH is 1. The molecule has 1 fully saturated rings. The van der Waals surface area contributed by atoms with Crippen LogP contribution in [0, 0.1) is 0 Å². The van der Waals surface area contributed by atoms with Crippen molar-refractivity contribution in [1.82, 2.24) is 24.3 Å². The summed E-state index contributed by atoms with van der Waals surface area (Å²) in [6.45, 7) is 4.59. The lowest BCUT2D eigenvalue weighted by Gasteiger charge is -2.35. The van der Waals surface area contributed by atoms with Gasteiger partial charge in [0.2, 0.25) is 0 Å². The van der Waals surface area contributed by atoms with Crippen molar-refractivity contribution in [3.63, 3.8) is 0 Å². The van der Waals surface area contributed by atoms with Gasteiger partial charge in [-0.2, -0.15) is 0 Å². The van der Waals surface area contributed by atoms with E-state index in [2.05, 4.69) is 19.8 Å². The molecule has 0 spiro atoms. The average Bonchev–Trinajstić information content (AvgIpc) is 3.05. The number of β-amino-alcohol motifs (C(OH)–C–C–N with tert-alkyl or cyclic N) is 1. The summed E-state index contributed by atoms with van der Waals surface area (Å²) >= 11 is 0. The van der Waals surface area contributed by atoms with Crippen molar-refractivity contribution < 1.29 is 5.11 Å². The van der Waals surface area contributed by atoms with Crippen molar-refractivity contribution in [1.29, 1.82) is 0 Å². The molecule has 1 N–H and O–H groups in total. The molecule has 7 heteroatoms. The fraction of sp³-hybridized carbons (Fsp3) is 0.400. The Bertz CT molecular complexity index is 793. The van der Waals surface area contributed by atoms with E-state index in [9.17, 15) is 0 Å². The predicted molar refractivity (Wildman–Crippen MR) is 84.0 cm³/mol. The molecular weight excluding hydrogens is 280 g/mol. The van der Waals surface area contributed by atoms with Crippen LogP contribution in [-0.2, 0) is 0 Å². The second-order valence-corrected chi connectivity index (χ2v) is 5.45. The lowest BCUT2D eigenvalue weighted by molar-refractivity contribution is 0.188. The minimum Gasteiger partial charge on any atom is -0.395 e. The first-order chi connectivity index (χ1) is 10.9. The SMILES string of the molecule is OCCN1CCN(c2nc3cccnc3n3ccnc23)CC1. The van der Waals surface area contributed by atoms with Crippen molar-refractivity contribution in [3.05, 3.63) is 30.7 Å². The van der Waals surface area contributed by atoms with Crippen LogP contribution in [0.4, 0.5) is 5.82 Å². The number of rotatable bonds is 3. The van der Waals surface area contributed by atoms with E-state index in [1.807, 2.05) is 22.7 Å². The molecule has 3 aromatic heterocycles. The first kappa shape index (κ1) is 13.4. The van der Waals surface area contributed by atoms with E-state index in [0.717, 1.165) is 55.4 Å². The molecule has 0 aliphatic carbocycles. The van der Waals surface area contributed by atoms with Crippen LogP contribution in [0.1, 0.15) is 0 Å². The number of hydrogen-bond acceptors (Lipinski definition) is 6. The topological polar surface area (TPSA) is 69.8 Å². The molecule has 0 bridgehead atoms. The Morgan fingerprint density at radius 3 is 2.68 bits per heavy atom. The smallest absolute Gasteiger partial charge is 0.181 e. The molecule has 22 heavy (non-hydrogen) atoms. The van der Waals surface area contributed by atoms with E-state index in [-0.39, 0.29) is 6.61 Å². The van der Waals surface area contributed by atoms with E-state index < -0.39 is 0 Å². The fourth-order valence-corrected chi connectivity index (χ4v) is 3.00. The molecule has 4 rings (SSSR count). The number of hydrogen-bond donors (Lipinski definition) is 1. The Morgan fingerprint density at radius 1 is 1.05 bits per heavy atom. The summed E-state index contributed by atoms with van der Waals surface area (Å²) in [6, 6.07) is 3.88. The standard InChI is InChI=1S/C15H18N6O/c22-11-10-19-6-8-20(9-7-19)15-14-17-4-5-21(14)13-12(18-15)2-1-3-16-13/h1-5,22H,6-11H2. The molecule has 3 aromatic rings. The largest absolute Gasteiger partial charge is 0.395 e. The average molecular weight is 298 g/mol. The summed E-state index contributed by atoms with van der Waals surface area (Å²) in [5.41, 5.74) is 2.56. The monoisotopic (exact) mass is 298 g/mol. The second kappa shape index (κ2) is 5.51. The zero-order valence-electron chi connectivity index (χ0n) is 12.3. The van der Waals surface area contributed by atoms with Crippen LogP contribution in [0.5, 0.6) is 0 Å². The molecule has 0 unspecified atom stereocenters. The molecule has 1 aliphatic heterocycles. The van der Waals surface area contributed by atoms with Crippen LogP contribution in [0.3, 0.4) is 0 Å². The van der Waals surface area contributed by atoms with Gasteiger partial charge < -0.3 is 10.0 Å². The third-order valence-electron chi connectivity index (χ3n) is 4.15. The van der Waals surface area contributed by atoms with Gasteiger partial charge in [0.25, 0.3) is 0 Å². The molecule has 0 atom stereocenters. The highest BCUT2D eigenvalue weighted by Gasteiger charge is 2.21. The van der Waals surface area contributed by atoms with Crippen molar-refractivity contribution in [2.45, 2.75) is 0 Å². The van der Waals surface area contributed by atoms with Gasteiger partial charge in [0.15, 0.2) is 17.1 Å². The number of piperazine rings is 1. The number of nitrogens with zero attached hydrogens (tertiary/aromatic N) is 6. The van der Waals surface area contributed by atoms with E-state index in [1.54, 1.807) is 12.4 Å². The van der Waals surface area contributed by atoms with E-state index in [1.165, 1.54) is 0 Å². The minimum atomic E-state index is 0.213. The van der Waals surface area contributed by atoms with Gasteiger partial charge in [0.05, 0.1) is 6.61 Å². The maximum absolute atomic E-state index is 9.05. The highest BCUT2D eigenvalue weighted by Crippen LogP contribution is 2.23. The molecule has 0 saturated carbocycles. The summed E-state index contributed by atoms with van der Waals surface area (Å²) in [7, 11) is 0. The summed E-state index contributed by atoms with van der Waals surface area (Å²) < 4.78 is 2.00. The highest BCUT2D eigenvalue weighted by molar-refractivity contribution is 5.80. The van der Waals surface area contributed by atoms with Gasteiger partial charge in [-0.1, -0.05) is 0 Å². The molecule has 0 radical (unpaired) electrons. The Hall–Kier alpha value is -2.25. The number of imidazole rings is 1. The third kappa shape index (κ3) is 2.18. The van der Waals surface area contributed by atoms with Crippen molar-refractivity contribution in [2.24, 2.45) is 0 Å². The molecule has 0 amide bonds. The lowest BCUT2D eigenvalue weighted by Crippen LogP contribution is -2.47. The van der Waals surface area contributed by atoms with Gasteiger partial charge in [-0.25, -0.2) is 15.0 Å². The molecule has 114 valence electrons. The summed E-state index contributed by atoms with van der Waals surface area (Å²) in [5.74, 6) is 0.911. The van der Waals surface area contributed by atoms with Gasteiger partial charge in [-0.05, 0) is 12.1 Å². The van der Waals surface area contributed by atoms with Crippen LogP contribution >= 0.6 is 0 Å². The van der Waals surface area contributed by atoms with Crippen molar-refractivity contribution in [2.75, 3.05) is 44.2 Å². The van der Waals surface area contributed by atoms with Crippen LogP contribution in [-0.4, -0.2) is 68.7 Å². The lowest BCUT2D eigenvalue weighted by atomic mass is 10.3. The minimum absolute atomic E-state index is 0.213. The Balaban J connectivity index is 1.73. The molecule has 7 nitrogen and oxygen atoms in total. The number of fused-ring (bicyclic) bond motifs is 3. The van der Waals surface area contributed by atoms with Gasteiger partial charge >= 0.3 is 0 Å². The van der Waals surface area contributed by atoms with Gasteiger partial charge in [0.1, 0.15) is 5.52 Å². The number of anilines is 1. The summed E-state index contributed by atoms with van der Waals surface area (Å²) in [6.07, 6.45) is 5.49. The Morgan fingerprint density at radius 2 is 1.86 bits per heavy atom. The molecular formula is C15H18N6O.